The molecule has 0 heterocycles. The van der Waals surface area contributed by atoms with Crippen molar-refractivity contribution in [2.24, 2.45) is 0 Å². The standard InChI is InChI=1S/C21H28N2O/c1-5-22(6-2)15-16-23(20-13-9-18(4)10-14-20)21(24)19-11-7-17(3)8-12-19/h7-14H,5-6,15-16H2,1-4H3. The van der Waals surface area contributed by atoms with E-state index in [0.29, 0.717) is 6.54 Å². The lowest BCUT2D eigenvalue weighted by atomic mass is 10.1. The molecule has 0 bridgehead atoms. The van der Waals surface area contributed by atoms with Gasteiger partial charge in [0.05, 0.1) is 0 Å². The average Bonchev–Trinajstić information content (AvgIpc) is 2.60. The lowest BCUT2D eigenvalue weighted by Gasteiger charge is -2.27. The summed E-state index contributed by atoms with van der Waals surface area (Å²) < 4.78 is 0. The number of hydrogen-bond acceptors (Lipinski definition) is 2. The van der Waals surface area contributed by atoms with Gasteiger partial charge in [0.2, 0.25) is 0 Å². The smallest absolute Gasteiger partial charge is 0.258 e. The van der Waals surface area contributed by atoms with E-state index in [1.165, 1.54) is 5.56 Å². The number of aryl methyl sites for hydroxylation is 2. The molecule has 0 N–H and O–H groups in total. The normalized spacial score (nSPS) is 10.9. The molecule has 0 atom stereocenters. The molecule has 0 saturated heterocycles. The summed E-state index contributed by atoms with van der Waals surface area (Å²) in [5.41, 5.74) is 4.06. The second-order valence-electron chi connectivity index (χ2n) is 6.19. The molecule has 0 spiro atoms. The minimum Gasteiger partial charge on any atom is -0.307 e. The highest BCUT2D eigenvalue weighted by molar-refractivity contribution is 6.06. The third-order valence-corrected chi connectivity index (χ3v) is 4.42. The average molecular weight is 324 g/mol. The molecule has 0 aliphatic heterocycles. The monoisotopic (exact) mass is 324 g/mol. The van der Waals surface area contributed by atoms with Crippen molar-refractivity contribution in [3.63, 3.8) is 0 Å². The summed E-state index contributed by atoms with van der Waals surface area (Å²) in [7, 11) is 0. The number of benzene rings is 2. The Kier molecular flexibility index (Phi) is 6.56. The van der Waals surface area contributed by atoms with Crippen LogP contribution in [-0.4, -0.2) is 37.0 Å². The van der Waals surface area contributed by atoms with E-state index in [9.17, 15) is 4.79 Å². The molecule has 0 aromatic heterocycles. The van der Waals surface area contributed by atoms with E-state index in [-0.39, 0.29) is 5.91 Å². The minimum atomic E-state index is 0.0611. The van der Waals surface area contributed by atoms with Crippen LogP contribution in [0.4, 0.5) is 5.69 Å². The van der Waals surface area contributed by atoms with Gasteiger partial charge in [-0.2, -0.15) is 0 Å². The highest BCUT2D eigenvalue weighted by Gasteiger charge is 2.18. The molecule has 0 saturated carbocycles. The highest BCUT2D eigenvalue weighted by atomic mass is 16.2. The molecule has 2 aromatic rings. The zero-order chi connectivity index (χ0) is 17.5. The number of carbonyl (C=O) groups excluding carboxylic acids is 1. The fourth-order valence-corrected chi connectivity index (χ4v) is 2.71. The molecule has 2 aromatic carbocycles. The Morgan fingerprint density at radius 1 is 0.792 bits per heavy atom. The van der Waals surface area contributed by atoms with Crippen LogP contribution in [0.3, 0.4) is 0 Å². The fourth-order valence-electron chi connectivity index (χ4n) is 2.71. The van der Waals surface area contributed by atoms with Crippen molar-refractivity contribution in [2.75, 3.05) is 31.1 Å². The third kappa shape index (κ3) is 4.68. The largest absolute Gasteiger partial charge is 0.307 e. The number of likely N-dealkylation sites (N-methyl/N-ethyl adjacent to an activating group) is 1. The molecule has 0 fully saturated rings. The Hall–Kier alpha value is -2.13. The predicted molar refractivity (Wildman–Crippen MR) is 102 cm³/mol. The molecular weight excluding hydrogens is 296 g/mol. The van der Waals surface area contributed by atoms with Crippen molar-refractivity contribution in [1.29, 1.82) is 0 Å². The Bertz CT molecular complexity index is 643. The minimum absolute atomic E-state index is 0.0611. The van der Waals surface area contributed by atoms with Gasteiger partial charge in [0.15, 0.2) is 0 Å². The highest BCUT2D eigenvalue weighted by Crippen LogP contribution is 2.18. The van der Waals surface area contributed by atoms with Gasteiger partial charge in [-0.05, 0) is 51.2 Å². The summed E-state index contributed by atoms with van der Waals surface area (Å²) in [5.74, 6) is 0.0611. The summed E-state index contributed by atoms with van der Waals surface area (Å²) in [4.78, 5) is 17.3. The summed E-state index contributed by atoms with van der Waals surface area (Å²) in [5, 5.41) is 0. The molecule has 0 radical (unpaired) electrons. The molecule has 0 aliphatic rings. The second-order valence-corrected chi connectivity index (χ2v) is 6.19. The summed E-state index contributed by atoms with van der Waals surface area (Å²) >= 11 is 0. The van der Waals surface area contributed by atoms with Crippen LogP contribution in [0.1, 0.15) is 35.3 Å². The van der Waals surface area contributed by atoms with Crippen LogP contribution in [-0.2, 0) is 0 Å². The van der Waals surface area contributed by atoms with Crippen LogP contribution in [0.2, 0.25) is 0 Å². The molecule has 0 aliphatic carbocycles. The first-order chi connectivity index (χ1) is 11.5. The molecule has 128 valence electrons. The number of carbonyl (C=O) groups is 1. The maximum absolute atomic E-state index is 13.0. The van der Waals surface area contributed by atoms with Crippen LogP contribution in [0, 0.1) is 13.8 Å². The van der Waals surface area contributed by atoms with E-state index in [1.807, 2.05) is 48.2 Å². The maximum Gasteiger partial charge on any atom is 0.258 e. The van der Waals surface area contributed by atoms with Crippen LogP contribution < -0.4 is 4.90 Å². The first-order valence-electron chi connectivity index (χ1n) is 8.72. The molecule has 24 heavy (non-hydrogen) atoms. The van der Waals surface area contributed by atoms with Crippen LogP contribution in [0.15, 0.2) is 48.5 Å². The van der Waals surface area contributed by atoms with Crippen molar-refractivity contribution < 1.29 is 4.79 Å². The first-order valence-corrected chi connectivity index (χ1v) is 8.72. The van der Waals surface area contributed by atoms with E-state index in [0.717, 1.165) is 36.4 Å². The van der Waals surface area contributed by atoms with E-state index < -0.39 is 0 Å². The van der Waals surface area contributed by atoms with Gasteiger partial charge < -0.3 is 9.80 Å². The van der Waals surface area contributed by atoms with Gasteiger partial charge in [-0.25, -0.2) is 0 Å². The quantitative estimate of drug-likeness (QED) is 0.758. The van der Waals surface area contributed by atoms with Crippen molar-refractivity contribution >= 4 is 11.6 Å². The van der Waals surface area contributed by atoms with E-state index in [1.54, 1.807) is 0 Å². The molecule has 3 heteroatoms. The molecule has 1 amide bonds. The Labute approximate surface area is 145 Å². The first kappa shape index (κ1) is 18.2. The van der Waals surface area contributed by atoms with Gasteiger partial charge >= 0.3 is 0 Å². The Morgan fingerprint density at radius 3 is 1.79 bits per heavy atom. The van der Waals surface area contributed by atoms with Gasteiger partial charge in [-0.15, -0.1) is 0 Å². The van der Waals surface area contributed by atoms with Crippen molar-refractivity contribution in [3.8, 4) is 0 Å². The molecule has 3 nitrogen and oxygen atoms in total. The van der Waals surface area contributed by atoms with Gasteiger partial charge in [-0.1, -0.05) is 49.2 Å². The number of hydrogen-bond donors (Lipinski definition) is 0. The van der Waals surface area contributed by atoms with Crippen LogP contribution in [0.25, 0.3) is 0 Å². The maximum atomic E-state index is 13.0. The van der Waals surface area contributed by atoms with Gasteiger partial charge in [-0.3, -0.25) is 4.79 Å². The summed E-state index contributed by atoms with van der Waals surface area (Å²) in [6.45, 7) is 12.0. The zero-order valence-electron chi connectivity index (χ0n) is 15.2. The third-order valence-electron chi connectivity index (χ3n) is 4.42. The van der Waals surface area contributed by atoms with Crippen molar-refractivity contribution in [2.45, 2.75) is 27.7 Å². The Balaban J connectivity index is 2.25. The topological polar surface area (TPSA) is 23.6 Å². The van der Waals surface area contributed by atoms with Gasteiger partial charge in [0, 0.05) is 24.3 Å². The molecular formula is C21H28N2O. The number of anilines is 1. The van der Waals surface area contributed by atoms with Gasteiger partial charge in [0.25, 0.3) is 5.91 Å². The van der Waals surface area contributed by atoms with Crippen LogP contribution in [0.5, 0.6) is 0 Å². The fraction of sp³-hybridized carbons (Fsp3) is 0.381. The summed E-state index contributed by atoms with van der Waals surface area (Å²) in [6, 6.07) is 16.0. The number of amides is 1. The lowest BCUT2D eigenvalue weighted by Crippen LogP contribution is -2.38. The summed E-state index contributed by atoms with van der Waals surface area (Å²) in [6.07, 6.45) is 0. The van der Waals surface area contributed by atoms with E-state index >= 15 is 0 Å². The second kappa shape index (κ2) is 8.65. The van der Waals surface area contributed by atoms with Crippen LogP contribution >= 0.6 is 0 Å². The number of nitrogens with zero attached hydrogens (tertiary/aromatic N) is 2. The zero-order valence-corrected chi connectivity index (χ0v) is 15.2. The SMILES string of the molecule is CCN(CC)CCN(C(=O)c1ccc(C)cc1)c1ccc(C)cc1. The van der Waals surface area contributed by atoms with Crippen molar-refractivity contribution in [1.82, 2.24) is 4.90 Å². The predicted octanol–water partition coefficient (Wildman–Crippen LogP) is 4.29. The van der Waals surface area contributed by atoms with E-state index in [2.05, 4.69) is 37.8 Å². The van der Waals surface area contributed by atoms with Gasteiger partial charge in [0.1, 0.15) is 0 Å². The van der Waals surface area contributed by atoms with Crippen molar-refractivity contribution in [3.05, 3.63) is 65.2 Å². The number of rotatable bonds is 7. The molecule has 2 rings (SSSR count). The Morgan fingerprint density at radius 2 is 1.29 bits per heavy atom. The van der Waals surface area contributed by atoms with E-state index in [4.69, 9.17) is 0 Å². The lowest BCUT2D eigenvalue weighted by molar-refractivity contribution is 0.0984. The molecule has 0 unspecified atom stereocenters.